The van der Waals surface area contributed by atoms with Gasteiger partial charge in [-0.2, -0.15) is 0 Å². The highest BCUT2D eigenvalue weighted by molar-refractivity contribution is 9.10. The number of carbonyl (C=O) groups excluding carboxylic acids is 2. The van der Waals surface area contributed by atoms with Crippen LogP contribution in [0.5, 0.6) is 0 Å². The topological polar surface area (TPSA) is 92.3 Å². The highest BCUT2D eigenvalue weighted by atomic mass is 79.9. The molecule has 0 aliphatic rings. The molecule has 0 saturated heterocycles. The summed E-state index contributed by atoms with van der Waals surface area (Å²) in [6.45, 7) is 0.481. The van der Waals surface area contributed by atoms with Gasteiger partial charge in [0, 0.05) is 29.5 Å². The van der Waals surface area contributed by atoms with E-state index in [9.17, 15) is 18.0 Å². The van der Waals surface area contributed by atoms with E-state index in [0.29, 0.717) is 12.0 Å². The normalized spacial score (nSPS) is 11.0. The van der Waals surface area contributed by atoms with Gasteiger partial charge >= 0.3 is 0 Å². The Morgan fingerprint density at radius 1 is 0.889 bits per heavy atom. The van der Waals surface area contributed by atoms with Crippen LogP contribution >= 0.6 is 15.9 Å². The first kappa shape index (κ1) is 21.1. The van der Waals surface area contributed by atoms with Gasteiger partial charge in [-0.1, -0.05) is 34.1 Å². The van der Waals surface area contributed by atoms with E-state index in [1.54, 1.807) is 54.6 Å². The first-order chi connectivity index (χ1) is 12.9. The second kappa shape index (κ2) is 10.2. The average molecular weight is 453 g/mol. The van der Waals surface area contributed by atoms with Crippen LogP contribution in [0.3, 0.4) is 0 Å². The molecule has 27 heavy (non-hydrogen) atoms. The van der Waals surface area contributed by atoms with Gasteiger partial charge in [-0.05, 0) is 42.8 Å². The van der Waals surface area contributed by atoms with Gasteiger partial charge in [0.05, 0.1) is 10.6 Å². The van der Waals surface area contributed by atoms with Gasteiger partial charge in [-0.25, -0.2) is 8.42 Å². The van der Waals surface area contributed by atoms with Gasteiger partial charge in [-0.3, -0.25) is 9.59 Å². The maximum Gasteiger partial charge on any atom is 0.251 e. The van der Waals surface area contributed by atoms with Crippen molar-refractivity contribution in [3.8, 4) is 0 Å². The Labute approximate surface area is 167 Å². The highest BCUT2D eigenvalue weighted by Gasteiger charge is 2.13. The van der Waals surface area contributed by atoms with E-state index in [1.165, 1.54) is 0 Å². The van der Waals surface area contributed by atoms with Crippen LogP contribution in [-0.2, 0) is 14.6 Å². The van der Waals surface area contributed by atoms with Crippen LogP contribution in [0.2, 0.25) is 0 Å². The molecule has 0 fully saturated rings. The van der Waals surface area contributed by atoms with E-state index in [-0.39, 0.29) is 42.0 Å². The lowest BCUT2D eigenvalue weighted by molar-refractivity contribution is -0.120. The number of benzene rings is 2. The largest absolute Gasteiger partial charge is 0.356 e. The van der Waals surface area contributed by atoms with E-state index < -0.39 is 9.84 Å². The van der Waals surface area contributed by atoms with Crippen molar-refractivity contribution in [1.29, 1.82) is 0 Å². The molecule has 6 nitrogen and oxygen atoms in total. The second-order valence-electron chi connectivity index (χ2n) is 5.85. The molecule has 144 valence electrons. The summed E-state index contributed by atoms with van der Waals surface area (Å²) >= 11 is 3.30. The SMILES string of the molecule is O=C(CCNC(=O)c1ccc(Br)cc1)NCCCS(=O)(=O)c1ccccc1. The van der Waals surface area contributed by atoms with Gasteiger partial charge in [0.1, 0.15) is 0 Å². The molecule has 2 N–H and O–H groups in total. The Balaban J connectivity index is 1.64. The van der Waals surface area contributed by atoms with Gasteiger partial charge in [0.2, 0.25) is 5.91 Å². The van der Waals surface area contributed by atoms with Crippen molar-refractivity contribution in [3.63, 3.8) is 0 Å². The number of nitrogens with one attached hydrogen (secondary N) is 2. The fourth-order valence-corrected chi connectivity index (χ4v) is 3.91. The van der Waals surface area contributed by atoms with Crippen molar-refractivity contribution in [3.05, 3.63) is 64.6 Å². The van der Waals surface area contributed by atoms with Crippen molar-refractivity contribution in [2.24, 2.45) is 0 Å². The molecule has 0 heterocycles. The number of amides is 2. The molecule has 2 rings (SSSR count). The maximum atomic E-state index is 12.1. The first-order valence-electron chi connectivity index (χ1n) is 8.47. The Kier molecular flexibility index (Phi) is 7.99. The fraction of sp³-hybridized carbons (Fsp3) is 0.263. The average Bonchev–Trinajstić information content (AvgIpc) is 2.66. The van der Waals surface area contributed by atoms with Crippen molar-refractivity contribution in [2.45, 2.75) is 17.7 Å². The summed E-state index contributed by atoms with van der Waals surface area (Å²) in [4.78, 5) is 24.0. The zero-order valence-electron chi connectivity index (χ0n) is 14.7. The molecule has 0 saturated carbocycles. The maximum absolute atomic E-state index is 12.1. The van der Waals surface area contributed by atoms with Crippen molar-refractivity contribution in [1.82, 2.24) is 10.6 Å². The Bertz CT molecular complexity index is 868. The summed E-state index contributed by atoms with van der Waals surface area (Å²) in [7, 11) is -3.33. The molecule has 0 aromatic heterocycles. The van der Waals surface area contributed by atoms with Crippen LogP contribution in [-0.4, -0.2) is 39.1 Å². The molecular weight excluding hydrogens is 432 g/mol. The molecule has 0 radical (unpaired) electrons. The van der Waals surface area contributed by atoms with E-state index in [0.717, 1.165) is 4.47 Å². The summed E-state index contributed by atoms with van der Waals surface area (Å²) in [6, 6.07) is 15.1. The number of carbonyl (C=O) groups is 2. The Morgan fingerprint density at radius 3 is 2.22 bits per heavy atom. The highest BCUT2D eigenvalue weighted by Crippen LogP contribution is 2.11. The zero-order chi connectivity index (χ0) is 19.7. The number of halogens is 1. The molecule has 0 spiro atoms. The first-order valence-corrected chi connectivity index (χ1v) is 10.9. The molecule has 8 heteroatoms. The Hall–Kier alpha value is -2.19. The van der Waals surface area contributed by atoms with E-state index in [1.807, 2.05) is 0 Å². The van der Waals surface area contributed by atoms with Crippen molar-refractivity contribution >= 4 is 37.6 Å². The summed E-state index contributed by atoms with van der Waals surface area (Å²) in [5, 5.41) is 5.34. The van der Waals surface area contributed by atoms with E-state index in [2.05, 4.69) is 26.6 Å². The van der Waals surface area contributed by atoms with Crippen LogP contribution in [0.4, 0.5) is 0 Å². The molecule has 2 aromatic rings. The van der Waals surface area contributed by atoms with Gasteiger partial charge in [-0.15, -0.1) is 0 Å². The Morgan fingerprint density at radius 2 is 1.56 bits per heavy atom. The molecule has 0 aliphatic carbocycles. The summed E-state index contributed by atoms with van der Waals surface area (Å²) < 4.78 is 25.1. The van der Waals surface area contributed by atoms with Gasteiger partial charge < -0.3 is 10.6 Å². The van der Waals surface area contributed by atoms with Crippen molar-refractivity contribution in [2.75, 3.05) is 18.8 Å². The molecule has 2 amide bonds. The lowest BCUT2D eigenvalue weighted by atomic mass is 10.2. The fourth-order valence-electron chi connectivity index (χ4n) is 2.32. The number of hydrogen-bond donors (Lipinski definition) is 2. The van der Waals surface area contributed by atoms with Crippen molar-refractivity contribution < 1.29 is 18.0 Å². The minimum Gasteiger partial charge on any atom is -0.356 e. The van der Waals surface area contributed by atoms with Crippen LogP contribution in [0.15, 0.2) is 64.0 Å². The van der Waals surface area contributed by atoms with Crippen LogP contribution < -0.4 is 10.6 Å². The predicted octanol–water partition coefficient (Wildman–Crippen LogP) is 2.55. The lowest BCUT2D eigenvalue weighted by Crippen LogP contribution is -2.31. The summed E-state index contributed by atoms with van der Waals surface area (Å²) in [5.74, 6) is -0.509. The predicted molar refractivity (Wildman–Crippen MR) is 107 cm³/mol. The standard InChI is InChI=1S/C19H21BrN2O4S/c20-16-9-7-15(8-10-16)19(24)22-13-11-18(23)21-12-4-14-27(25,26)17-5-2-1-3-6-17/h1-3,5-10H,4,11-14H2,(H,21,23)(H,22,24). The third-order valence-electron chi connectivity index (χ3n) is 3.76. The van der Waals surface area contributed by atoms with Crippen LogP contribution in [0, 0.1) is 0 Å². The molecule has 0 unspecified atom stereocenters. The minimum atomic E-state index is -3.33. The van der Waals surface area contributed by atoms with Gasteiger partial charge in [0.15, 0.2) is 9.84 Å². The molecule has 0 atom stereocenters. The van der Waals surface area contributed by atoms with E-state index >= 15 is 0 Å². The number of sulfone groups is 1. The lowest BCUT2D eigenvalue weighted by Gasteiger charge is -2.08. The summed E-state index contributed by atoms with van der Waals surface area (Å²) in [5.41, 5.74) is 0.518. The third kappa shape index (κ3) is 7.15. The molecule has 0 bridgehead atoms. The monoisotopic (exact) mass is 452 g/mol. The zero-order valence-corrected chi connectivity index (χ0v) is 17.1. The van der Waals surface area contributed by atoms with Crippen LogP contribution in [0.25, 0.3) is 0 Å². The van der Waals surface area contributed by atoms with E-state index in [4.69, 9.17) is 0 Å². The second-order valence-corrected chi connectivity index (χ2v) is 8.87. The third-order valence-corrected chi connectivity index (χ3v) is 6.10. The van der Waals surface area contributed by atoms with Gasteiger partial charge in [0.25, 0.3) is 5.91 Å². The summed E-state index contributed by atoms with van der Waals surface area (Å²) in [6.07, 6.45) is 0.460. The molecular formula is C19H21BrN2O4S. The smallest absolute Gasteiger partial charge is 0.251 e. The minimum absolute atomic E-state index is 0.0302. The quantitative estimate of drug-likeness (QED) is 0.571. The van der Waals surface area contributed by atoms with Crippen LogP contribution in [0.1, 0.15) is 23.2 Å². The molecule has 0 aliphatic heterocycles. The number of rotatable bonds is 9. The molecule has 2 aromatic carbocycles. The number of hydrogen-bond acceptors (Lipinski definition) is 4.